The number of nitrogens with zero attached hydrogens (tertiary/aromatic N) is 2. The third-order valence-corrected chi connectivity index (χ3v) is 3.21. The van der Waals surface area contributed by atoms with Crippen LogP contribution in [0.2, 0.25) is 0 Å². The second kappa shape index (κ2) is 5.13. The van der Waals surface area contributed by atoms with Gasteiger partial charge in [-0.2, -0.15) is 0 Å². The van der Waals surface area contributed by atoms with Gasteiger partial charge in [-0.3, -0.25) is 9.36 Å². The normalized spacial score (nSPS) is 10.5. The van der Waals surface area contributed by atoms with Crippen molar-refractivity contribution >= 4 is 11.6 Å². The van der Waals surface area contributed by atoms with Crippen LogP contribution in [0.25, 0.3) is 17.1 Å². The number of aromatic nitrogens is 2. The van der Waals surface area contributed by atoms with Gasteiger partial charge in [0.1, 0.15) is 5.82 Å². The summed E-state index contributed by atoms with van der Waals surface area (Å²) in [7, 11) is 0. The van der Waals surface area contributed by atoms with Crippen LogP contribution in [0.4, 0.5) is 5.69 Å². The predicted molar refractivity (Wildman–Crippen MR) is 81.9 cm³/mol. The number of benzene rings is 2. The molecule has 1 aromatic heterocycles. The van der Waals surface area contributed by atoms with E-state index in [-0.39, 0.29) is 0 Å². The van der Waals surface area contributed by atoms with Gasteiger partial charge in [0.15, 0.2) is 0 Å². The van der Waals surface area contributed by atoms with E-state index in [1.165, 1.54) is 0 Å². The Bertz CT molecular complexity index is 807. The molecule has 0 saturated heterocycles. The first-order chi connectivity index (χ1) is 10.2. The van der Waals surface area contributed by atoms with Crippen LogP contribution in [0.3, 0.4) is 0 Å². The molecule has 0 aliphatic heterocycles. The minimum absolute atomic E-state index is 0.445. The topological polar surface area (TPSA) is 86.9 Å². The summed E-state index contributed by atoms with van der Waals surface area (Å²) in [6, 6.07) is 14.6. The first-order valence-electron chi connectivity index (χ1n) is 6.45. The molecule has 3 aromatic rings. The quantitative estimate of drug-likeness (QED) is 0.720. The van der Waals surface area contributed by atoms with Crippen molar-refractivity contribution in [3.05, 3.63) is 66.5 Å². The maximum atomic E-state index is 11.6. The summed E-state index contributed by atoms with van der Waals surface area (Å²) in [4.78, 5) is 15.9. The number of carbonyl (C=O) groups is 1. The van der Waals surface area contributed by atoms with Gasteiger partial charge in [0.2, 0.25) is 0 Å². The number of nitrogens with two attached hydrogens (primary N) is 2. The highest BCUT2D eigenvalue weighted by atomic mass is 16.1. The zero-order valence-electron chi connectivity index (χ0n) is 11.2. The molecule has 1 heterocycles. The average Bonchev–Trinajstić information content (AvgIpc) is 2.96. The van der Waals surface area contributed by atoms with Gasteiger partial charge in [0.05, 0.1) is 11.3 Å². The van der Waals surface area contributed by atoms with Gasteiger partial charge in [-0.25, -0.2) is 4.98 Å². The lowest BCUT2D eigenvalue weighted by atomic mass is 10.1. The minimum Gasteiger partial charge on any atom is -0.399 e. The number of para-hydroxylation sites is 1. The second-order valence-corrected chi connectivity index (χ2v) is 4.63. The Labute approximate surface area is 121 Å². The molecule has 2 aromatic carbocycles. The van der Waals surface area contributed by atoms with Gasteiger partial charge in [0, 0.05) is 23.6 Å². The van der Waals surface area contributed by atoms with Crippen LogP contribution in [0.1, 0.15) is 10.4 Å². The fraction of sp³-hybridized carbons (Fsp3) is 0. The van der Waals surface area contributed by atoms with Crippen LogP contribution in [-0.2, 0) is 0 Å². The third kappa shape index (κ3) is 2.36. The molecule has 0 aliphatic rings. The van der Waals surface area contributed by atoms with E-state index in [1.54, 1.807) is 24.5 Å². The van der Waals surface area contributed by atoms with Crippen LogP contribution in [0, 0.1) is 0 Å². The SMILES string of the molecule is NC(=O)c1ccccc1-n1ccnc1-c1cccc(N)c1. The number of primary amides is 1. The summed E-state index contributed by atoms with van der Waals surface area (Å²) < 4.78 is 1.83. The molecule has 5 nitrogen and oxygen atoms in total. The summed E-state index contributed by atoms with van der Waals surface area (Å²) >= 11 is 0. The molecule has 0 bridgehead atoms. The Morgan fingerprint density at radius 2 is 1.90 bits per heavy atom. The lowest BCUT2D eigenvalue weighted by Gasteiger charge is -2.11. The lowest BCUT2D eigenvalue weighted by Crippen LogP contribution is -2.14. The summed E-state index contributed by atoms with van der Waals surface area (Å²) in [5.74, 6) is 0.230. The number of amides is 1. The molecular formula is C16H14N4O. The molecule has 0 aliphatic carbocycles. The Morgan fingerprint density at radius 1 is 1.10 bits per heavy atom. The number of imidazole rings is 1. The van der Waals surface area contributed by atoms with Crippen molar-refractivity contribution in [2.24, 2.45) is 5.73 Å². The van der Waals surface area contributed by atoms with E-state index in [2.05, 4.69) is 4.98 Å². The molecule has 4 N–H and O–H groups in total. The number of nitrogen functional groups attached to an aromatic ring is 1. The highest BCUT2D eigenvalue weighted by Gasteiger charge is 2.13. The maximum absolute atomic E-state index is 11.6. The van der Waals surface area contributed by atoms with Gasteiger partial charge in [-0.05, 0) is 24.3 Å². The van der Waals surface area contributed by atoms with Crippen molar-refractivity contribution < 1.29 is 4.79 Å². The molecule has 3 rings (SSSR count). The zero-order chi connectivity index (χ0) is 14.8. The van der Waals surface area contributed by atoms with Gasteiger partial charge in [-0.15, -0.1) is 0 Å². The van der Waals surface area contributed by atoms with E-state index in [4.69, 9.17) is 11.5 Å². The Hall–Kier alpha value is -3.08. The number of anilines is 1. The van der Waals surface area contributed by atoms with Gasteiger partial charge >= 0.3 is 0 Å². The summed E-state index contributed by atoms with van der Waals surface area (Å²) in [6.45, 7) is 0. The van der Waals surface area contributed by atoms with E-state index in [0.29, 0.717) is 22.8 Å². The lowest BCUT2D eigenvalue weighted by molar-refractivity contribution is 0.100. The largest absolute Gasteiger partial charge is 0.399 e. The predicted octanol–water partition coefficient (Wildman–Crippen LogP) is 2.22. The summed E-state index contributed by atoms with van der Waals surface area (Å²) in [5, 5.41) is 0. The highest BCUT2D eigenvalue weighted by Crippen LogP contribution is 2.24. The fourth-order valence-electron chi connectivity index (χ4n) is 2.28. The number of hydrogen-bond donors (Lipinski definition) is 2. The fourth-order valence-corrected chi connectivity index (χ4v) is 2.28. The van der Waals surface area contributed by atoms with E-state index < -0.39 is 5.91 Å². The number of rotatable bonds is 3. The third-order valence-electron chi connectivity index (χ3n) is 3.21. The van der Waals surface area contributed by atoms with Gasteiger partial charge in [-0.1, -0.05) is 24.3 Å². The smallest absolute Gasteiger partial charge is 0.250 e. The molecular weight excluding hydrogens is 264 g/mol. The Morgan fingerprint density at radius 3 is 2.67 bits per heavy atom. The van der Waals surface area contributed by atoms with E-state index >= 15 is 0 Å². The maximum Gasteiger partial charge on any atom is 0.250 e. The number of hydrogen-bond acceptors (Lipinski definition) is 3. The van der Waals surface area contributed by atoms with Crippen molar-refractivity contribution in [1.82, 2.24) is 9.55 Å². The average molecular weight is 278 g/mol. The van der Waals surface area contributed by atoms with Crippen LogP contribution >= 0.6 is 0 Å². The molecule has 0 unspecified atom stereocenters. The highest BCUT2D eigenvalue weighted by molar-refractivity contribution is 5.96. The van der Waals surface area contributed by atoms with Crippen LogP contribution in [0.15, 0.2) is 60.9 Å². The first-order valence-corrected chi connectivity index (χ1v) is 6.45. The van der Waals surface area contributed by atoms with Crippen molar-refractivity contribution in [2.75, 3.05) is 5.73 Å². The van der Waals surface area contributed by atoms with Crippen molar-refractivity contribution in [2.45, 2.75) is 0 Å². The van der Waals surface area contributed by atoms with Crippen molar-refractivity contribution in [1.29, 1.82) is 0 Å². The first kappa shape index (κ1) is 12.9. The van der Waals surface area contributed by atoms with Crippen molar-refractivity contribution in [3.8, 4) is 17.1 Å². The molecule has 5 heteroatoms. The molecule has 0 radical (unpaired) electrons. The van der Waals surface area contributed by atoms with Gasteiger partial charge < -0.3 is 11.5 Å². The van der Waals surface area contributed by atoms with Gasteiger partial charge in [0.25, 0.3) is 5.91 Å². The molecule has 0 saturated carbocycles. The molecule has 0 spiro atoms. The van der Waals surface area contributed by atoms with Crippen LogP contribution in [-0.4, -0.2) is 15.5 Å². The standard InChI is InChI=1S/C16H14N4O/c17-12-5-3-4-11(10-12)16-19-8-9-20(16)14-7-2-1-6-13(14)15(18)21/h1-10H,17H2,(H2,18,21). The Balaban J connectivity index is 2.19. The van der Waals surface area contributed by atoms with E-state index in [1.807, 2.05) is 41.0 Å². The molecule has 1 amide bonds. The molecule has 0 atom stereocenters. The second-order valence-electron chi connectivity index (χ2n) is 4.63. The molecule has 21 heavy (non-hydrogen) atoms. The molecule has 0 fully saturated rings. The van der Waals surface area contributed by atoms with E-state index in [0.717, 1.165) is 5.56 Å². The minimum atomic E-state index is -0.474. The summed E-state index contributed by atoms with van der Waals surface area (Å²) in [5.41, 5.74) is 13.9. The van der Waals surface area contributed by atoms with E-state index in [9.17, 15) is 4.79 Å². The Kier molecular flexibility index (Phi) is 3.16. The monoisotopic (exact) mass is 278 g/mol. The van der Waals surface area contributed by atoms with Crippen LogP contribution < -0.4 is 11.5 Å². The number of carbonyl (C=O) groups excluding carboxylic acids is 1. The zero-order valence-corrected chi connectivity index (χ0v) is 11.2. The van der Waals surface area contributed by atoms with Crippen molar-refractivity contribution in [3.63, 3.8) is 0 Å². The summed E-state index contributed by atoms with van der Waals surface area (Å²) in [6.07, 6.45) is 3.47. The van der Waals surface area contributed by atoms with Crippen LogP contribution in [0.5, 0.6) is 0 Å². The molecule has 104 valence electrons.